The number of benzene rings is 1. The third kappa shape index (κ3) is 3.41. The third-order valence-electron chi connectivity index (χ3n) is 7.52. The molecule has 1 heterocycles. The van der Waals surface area contributed by atoms with E-state index in [-0.39, 0.29) is 36.6 Å². The van der Waals surface area contributed by atoms with Gasteiger partial charge in [-0.1, -0.05) is 24.3 Å². The molecule has 9 heteroatoms. The lowest BCUT2D eigenvalue weighted by molar-refractivity contribution is -0.385. The van der Waals surface area contributed by atoms with E-state index in [0.717, 1.165) is 0 Å². The van der Waals surface area contributed by atoms with Crippen LogP contribution in [0.3, 0.4) is 0 Å². The van der Waals surface area contributed by atoms with Gasteiger partial charge in [0.1, 0.15) is 0 Å². The fourth-order valence-electron chi connectivity index (χ4n) is 6.19. The van der Waals surface area contributed by atoms with Crippen LogP contribution in [0.25, 0.3) is 5.57 Å². The molecule has 3 aliphatic rings. The zero-order chi connectivity index (χ0) is 25.0. The Morgan fingerprint density at radius 1 is 1.35 bits per heavy atom. The summed E-state index contributed by atoms with van der Waals surface area (Å²) in [5, 5.41) is 23.1. The molecule has 6 atom stereocenters. The number of aliphatic hydroxyl groups is 1. The number of hydrogen-bond donors (Lipinski definition) is 1. The first kappa shape index (κ1) is 23.9. The number of carbonyl (C=O) groups is 2. The summed E-state index contributed by atoms with van der Waals surface area (Å²) in [5.41, 5.74) is -0.560. The van der Waals surface area contributed by atoms with Gasteiger partial charge in [0.05, 0.1) is 35.7 Å². The van der Waals surface area contributed by atoms with Crippen molar-refractivity contribution in [3.8, 4) is 0 Å². The Morgan fingerprint density at radius 2 is 2.03 bits per heavy atom. The Balaban J connectivity index is 1.83. The maximum atomic E-state index is 12.8. The van der Waals surface area contributed by atoms with Crippen molar-refractivity contribution in [2.75, 3.05) is 20.3 Å². The molecular weight excluding hydrogens is 440 g/mol. The molecule has 2 aliphatic carbocycles. The Bertz CT molecular complexity index is 1080. The predicted molar refractivity (Wildman–Crippen MR) is 123 cm³/mol. The second-order valence-corrected chi connectivity index (χ2v) is 10.3. The highest BCUT2D eigenvalue weighted by atomic mass is 16.6. The lowest BCUT2D eigenvalue weighted by atomic mass is 9.63. The van der Waals surface area contributed by atoms with Crippen LogP contribution in [0.15, 0.2) is 43.0 Å². The van der Waals surface area contributed by atoms with Gasteiger partial charge >= 0.3 is 12.1 Å². The molecule has 1 saturated carbocycles. The zero-order valence-corrected chi connectivity index (χ0v) is 19.8. The number of para-hydroxylation sites is 1. The zero-order valence-electron chi connectivity index (χ0n) is 19.8. The molecule has 1 saturated heterocycles. The number of nitrogens with zero attached hydrogens (tertiary/aromatic N) is 2. The number of amides is 1. The van der Waals surface area contributed by atoms with Crippen LogP contribution in [-0.4, -0.2) is 59.4 Å². The SMILES string of the molecule is C=CC12CN(C(=O)OC)[C@@H]3[C@@H](COC(=O)C(C)(C)C)[C@H]1[C@H](O)C=C(c1ccccc1[N+](=O)[O-])[C@@H]32. The predicted octanol–water partition coefficient (Wildman–Crippen LogP) is 3.43. The van der Waals surface area contributed by atoms with Gasteiger partial charge in [-0.25, -0.2) is 4.79 Å². The van der Waals surface area contributed by atoms with Gasteiger partial charge in [-0.3, -0.25) is 14.9 Å². The Morgan fingerprint density at radius 3 is 2.62 bits per heavy atom. The number of carbonyl (C=O) groups excluding carboxylic acids is 2. The van der Waals surface area contributed by atoms with E-state index in [1.54, 1.807) is 56.0 Å². The van der Waals surface area contributed by atoms with E-state index in [2.05, 4.69) is 6.58 Å². The highest BCUT2D eigenvalue weighted by molar-refractivity contribution is 5.80. The van der Waals surface area contributed by atoms with Gasteiger partial charge in [-0.2, -0.15) is 0 Å². The highest BCUT2D eigenvalue weighted by Crippen LogP contribution is 2.67. The van der Waals surface area contributed by atoms with Crippen LogP contribution in [0.5, 0.6) is 0 Å². The van der Waals surface area contributed by atoms with Gasteiger partial charge in [0, 0.05) is 41.8 Å². The van der Waals surface area contributed by atoms with Crippen LogP contribution in [0.1, 0.15) is 26.3 Å². The summed E-state index contributed by atoms with van der Waals surface area (Å²) in [4.78, 5) is 38.2. The normalized spacial score (nSPS) is 31.6. The minimum atomic E-state index is -0.966. The number of aliphatic hydroxyl groups excluding tert-OH is 1. The maximum Gasteiger partial charge on any atom is 0.409 e. The van der Waals surface area contributed by atoms with Crippen LogP contribution in [0.2, 0.25) is 0 Å². The van der Waals surface area contributed by atoms with E-state index in [1.807, 2.05) is 0 Å². The van der Waals surface area contributed by atoms with Crippen molar-refractivity contribution in [1.82, 2.24) is 4.90 Å². The lowest BCUT2D eigenvalue weighted by Gasteiger charge is -2.45. The molecule has 9 nitrogen and oxygen atoms in total. The number of ether oxygens (including phenoxy) is 2. The highest BCUT2D eigenvalue weighted by Gasteiger charge is 2.71. The van der Waals surface area contributed by atoms with Gasteiger partial charge in [0.25, 0.3) is 5.69 Å². The average molecular weight is 471 g/mol. The molecule has 34 heavy (non-hydrogen) atoms. The second kappa shape index (κ2) is 8.23. The Labute approximate surface area is 198 Å². The van der Waals surface area contributed by atoms with Gasteiger partial charge < -0.3 is 19.5 Å². The molecule has 0 spiro atoms. The minimum absolute atomic E-state index is 0.0000832. The fourth-order valence-corrected chi connectivity index (χ4v) is 6.19. The number of hydrogen-bond acceptors (Lipinski definition) is 7. The number of nitro groups is 1. The smallest absolute Gasteiger partial charge is 0.409 e. The molecule has 1 aromatic carbocycles. The first-order valence-electron chi connectivity index (χ1n) is 11.3. The molecule has 1 amide bonds. The van der Waals surface area contributed by atoms with E-state index < -0.39 is 39.9 Å². The molecule has 0 radical (unpaired) electrons. The van der Waals surface area contributed by atoms with Gasteiger partial charge in [0.2, 0.25) is 0 Å². The molecule has 0 aromatic heterocycles. The first-order chi connectivity index (χ1) is 16.0. The number of rotatable bonds is 5. The van der Waals surface area contributed by atoms with Crippen molar-refractivity contribution in [1.29, 1.82) is 0 Å². The number of esters is 1. The summed E-state index contributed by atoms with van der Waals surface area (Å²) >= 11 is 0. The summed E-state index contributed by atoms with van der Waals surface area (Å²) in [6, 6.07) is 5.88. The molecule has 1 N–H and O–H groups in total. The lowest BCUT2D eigenvalue weighted by Crippen LogP contribution is -2.53. The van der Waals surface area contributed by atoms with Gasteiger partial charge in [-0.05, 0) is 32.4 Å². The molecule has 2 fully saturated rings. The Kier molecular flexibility index (Phi) is 5.80. The van der Waals surface area contributed by atoms with Gasteiger partial charge in [0.15, 0.2) is 0 Å². The molecule has 4 rings (SSSR count). The third-order valence-corrected chi connectivity index (χ3v) is 7.52. The minimum Gasteiger partial charge on any atom is -0.465 e. The van der Waals surface area contributed by atoms with Crippen LogP contribution < -0.4 is 0 Å². The number of likely N-dealkylation sites (tertiary alicyclic amines) is 1. The summed E-state index contributed by atoms with van der Waals surface area (Å²) in [6.07, 6.45) is 1.89. The monoisotopic (exact) mass is 470 g/mol. The summed E-state index contributed by atoms with van der Waals surface area (Å²) < 4.78 is 10.7. The van der Waals surface area contributed by atoms with Crippen molar-refractivity contribution in [3.63, 3.8) is 0 Å². The van der Waals surface area contributed by atoms with Crippen LogP contribution >= 0.6 is 0 Å². The van der Waals surface area contributed by atoms with Gasteiger partial charge in [-0.15, -0.1) is 6.58 Å². The summed E-state index contributed by atoms with van der Waals surface area (Å²) in [5.74, 6) is -1.55. The van der Waals surface area contributed by atoms with Crippen LogP contribution in [0, 0.1) is 38.7 Å². The fraction of sp³-hybridized carbons (Fsp3) is 0.520. The maximum absolute atomic E-state index is 12.8. The molecule has 1 aromatic rings. The van der Waals surface area contributed by atoms with E-state index in [0.29, 0.717) is 11.1 Å². The average Bonchev–Trinajstić information content (AvgIpc) is 3.24. The number of methoxy groups -OCH3 is 1. The quantitative estimate of drug-likeness (QED) is 0.303. The molecule has 1 aliphatic heterocycles. The molecule has 4 bridgehead atoms. The van der Waals surface area contributed by atoms with Crippen molar-refractivity contribution in [3.05, 3.63) is 58.7 Å². The second-order valence-electron chi connectivity index (χ2n) is 10.3. The van der Waals surface area contributed by atoms with Crippen LogP contribution in [-0.2, 0) is 14.3 Å². The topological polar surface area (TPSA) is 119 Å². The van der Waals surface area contributed by atoms with Crippen molar-refractivity contribution in [2.24, 2.45) is 28.6 Å². The molecule has 182 valence electrons. The van der Waals surface area contributed by atoms with Crippen LogP contribution in [0.4, 0.5) is 10.5 Å². The van der Waals surface area contributed by atoms with E-state index in [4.69, 9.17) is 9.47 Å². The first-order valence-corrected chi connectivity index (χ1v) is 11.3. The van der Waals surface area contributed by atoms with E-state index >= 15 is 0 Å². The summed E-state index contributed by atoms with van der Waals surface area (Å²) in [6.45, 7) is 9.56. The molecule has 1 unspecified atom stereocenters. The van der Waals surface area contributed by atoms with E-state index in [9.17, 15) is 24.8 Å². The number of nitro benzene ring substituents is 1. The van der Waals surface area contributed by atoms with E-state index in [1.165, 1.54) is 13.2 Å². The van der Waals surface area contributed by atoms with Crippen molar-refractivity contribution in [2.45, 2.75) is 32.9 Å². The van der Waals surface area contributed by atoms with Crippen molar-refractivity contribution >= 4 is 23.3 Å². The largest absolute Gasteiger partial charge is 0.465 e. The molecular formula is C25H30N2O7. The summed E-state index contributed by atoms with van der Waals surface area (Å²) in [7, 11) is 1.29. The Hall–Kier alpha value is -3.20. The standard InChI is InChI=1S/C25H30N2O7/c1-6-25-13-26(23(30)33-5)21-16(12-34-22(29)24(2,3)4)19(25)18(28)11-15(20(21)25)14-9-7-8-10-17(14)27(31)32/h6-11,16,18-21,28H,1,12-13H2,2-5H3/t16-,18+,19-,20-,21+,25?/m0/s1. The number of piperidine rings is 1. The van der Waals surface area contributed by atoms with Crippen molar-refractivity contribution < 1.29 is 29.1 Å².